The van der Waals surface area contributed by atoms with Gasteiger partial charge in [-0.05, 0) is 35.7 Å². The largest absolute Gasteiger partial charge is 0.416 e. The average Bonchev–Trinajstić information content (AvgIpc) is 2.81. The Morgan fingerprint density at radius 3 is 2.37 bits per heavy atom. The number of hydrogen-bond donors (Lipinski definition) is 1. The van der Waals surface area contributed by atoms with Crippen molar-refractivity contribution in [1.82, 2.24) is 0 Å². The van der Waals surface area contributed by atoms with E-state index >= 15 is 0 Å². The number of amides is 1. The highest BCUT2D eigenvalue weighted by Crippen LogP contribution is 2.29. The zero-order valence-electron chi connectivity index (χ0n) is 9.70. The zero-order valence-corrected chi connectivity index (χ0v) is 10.5. The molecule has 1 N–H and O–H groups in total. The van der Waals surface area contributed by atoms with Gasteiger partial charge in [-0.25, -0.2) is 0 Å². The predicted octanol–water partition coefficient (Wildman–Crippen LogP) is 3.95. The van der Waals surface area contributed by atoms with Crippen LogP contribution in [-0.4, -0.2) is 5.91 Å². The Kier molecular flexibility index (Phi) is 3.90. The van der Waals surface area contributed by atoms with Gasteiger partial charge >= 0.3 is 6.18 Å². The van der Waals surface area contributed by atoms with E-state index in [9.17, 15) is 18.0 Å². The SMILES string of the molecule is O=C(Cc1cccs1)Nc1ccc(C(F)(F)F)cc1. The number of carbonyl (C=O) groups is 1. The van der Waals surface area contributed by atoms with Gasteiger partial charge < -0.3 is 5.32 Å². The number of benzene rings is 1. The van der Waals surface area contributed by atoms with Crippen molar-refractivity contribution in [2.24, 2.45) is 0 Å². The molecule has 0 aliphatic heterocycles. The first-order valence-electron chi connectivity index (χ1n) is 5.44. The van der Waals surface area contributed by atoms with Crippen molar-refractivity contribution in [1.29, 1.82) is 0 Å². The second-order valence-corrected chi connectivity index (χ2v) is 4.91. The van der Waals surface area contributed by atoms with Crippen LogP contribution < -0.4 is 5.32 Å². The van der Waals surface area contributed by atoms with Crippen LogP contribution in [0.15, 0.2) is 41.8 Å². The Morgan fingerprint density at radius 1 is 1.16 bits per heavy atom. The quantitative estimate of drug-likeness (QED) is 0.909. The lowest BCUT2D eigenvalue weighted by molar-refractivity contribution is -0.137. The van der Waals surface area contributed by atoms with Gasteiger partial charge in [-0.3, -0.25) is 4.79 Å². The Labute approximate surface area is 111 Å². The molecule has 100 valence electrons. The van der Waals surface area contributed by atoms with Crippen molar-refractivity contribution >= 4 is 22.9 Å². The second kappa shape index (κ2) is 5.44. The molecule has 0 unspecified atom stereocenters. The van der Waals surface area contributed by atoms with E-state index in [2.05, 4.69) is 5.32 Å². The van der Waals surface area contributed by atoms with E-state index in [1.807, 2.05) is 17.5 Å². The van der Waals surface area contributed by atoms with Gasteiger partial charge in [0.2, 0.25) is 5.91 Å². The summed E-state index contributed by atoms with van der Waals surface area (Å²) in [5.74, 6) is -0.248. The molecule has 1 aromatic carbocycles. The fourth-order valence-electron chi connectivity index (χ4n) is 1.52. The zero-order chi connectivity index (χ0) is 13.9. The number of nitrogens with one attached hydrogen (secondary N) is 1. The molecule has 0 radical (unpaired) electrons. The Morgan fingerprint density at radius 2 is 1.84 bits per heavy atom. The summed E-state index contributed by atoms with van der Waals surface area (Å²) < 4.78 is 37.0. The van der Waals surface area contributed by atoms with Gasteiger partial charge in [0, 0.05) is 10.6 Å². The first-order valence-corrected chi connectivity index (χ1v) is 6.32. The van der Waals surface area contributed by atoms with E-state index in [1.165, 1.54) is 23.5 Å². The number of carbonyl (C=O) groups excluding carboxylic acids is 1. The molecule has 1 amide bonds. The number of alkyl halides is 3. The standard InChI is InChI=1S/C13H10F3NOS/c14-13(15,16)9-3-5-10(6-4-9)17-12(18)8-11-2-1-7-19-11/h1-7H,8H2,(H,17,18). The topological polar surface area (TPSA) is 29.1 Å². The highest BCUT2D eigenvalue weighted by atomic mass is 32.1. The maximum absolute atomic E-state index is 12.3. The molecule has 0 saturated heterocycles. The summed E-state index contributed by atoms with van der Waals surface area (Å²) >= 11 is 1.46. The summed E-state index contributed by atoms with van der Waals surface area (Å²) in [6, 6.07) is 8.05. The fraction of sp³-hybridized carbons (Fsp3) is 0.154. The molecule has 0 aliphatic carbocycles. The van der Waals surface area contributed by atoms with Crippen LogP contribution in [0.5, 0.6) is 0 Å². The van der Waals surface area contributed by atoms with Crippen LogP contribution in [0.25, 0.3) is 0 Å². The van der Waals surface area contributed by atoms with Crippen LogP contribution >= 0.6 is 11.3 Å². The molecule has 2 nitrogen and oxygen atoms in total. The minimum atomic E-state index is -4.36. The van der Waals surface area contributed by atoms with Gasteiger partial charge in [0.25, 0.3) is 0 Å². The summed E-state index contributed by atoms with van der Waals surface area (Å²) in [5.41, 5.74) is -0.377. The number of anilines is 1. The smallest absolute Gasteiger partial charge is 0.326 e. The first-order chi connectivity index (χ1) is 8.95. The lowest BCUT2D eigenvalue weighted by Crippen LogP contribution is -2.14. The predicted molar refractivity (Wildman–Crippen MR) is 68.1 cm³/mol. The maximum atomic E-state index is 12.3. The molecule has 0 fully saturated rings. The van der Waals surface area contributed by atoms with E-state index in [4.69, 9.17) is 0 Å². The molecule has 2 aromatic rings. The summed E-state index contributed by atoms with van der Waals surface area (Å²) in [4.78, 5) is 12.5. The maximum Gasteiger partial charge on any atom is 0.416 e. The molecule has 19 heavy (non-hydrogen) atoms. The molecule has 0 atom stereocenters. The van der Waals surface area contributed by atoms with Crippen LogP contribution in [0, 0.1) is 0 Å². The summed E-state index contributed by atoms with van der Waals surface area (Å²) in [5, 5.41) is 4.42. The summed E-state index contributed by atoms with van der Waals surface area (Å²) in [7, 11) is 0. The van der Waals surface area contributed by atoms with Crippen molar-refractivity contribution < 1.29 is 18.0 Å². The van der Waals surface area contributed by atoms with Crippen LogP contribution in [-0.2, 0) is 17.4 Å². The van der Waals surface area contributed by atoms with Gasteiger partial charge in [0.1, 0.15) is 0 Å². The summed E-state index contributed by atoms with van der Waals surface area (Å²) in [6.45, 7) is 0. The van der Waals surface area contributed by atoms with Crippen molar-refractivity contribution in [3.63, 3.8) is 0 Å². The van der Waals surface area contributed by atoms with Gasteiger partial charge in [-0.1, -0.05) is 6.07 Å². The minimum Gasteiger partial charge on any atom is -0.326 e. The van der Waals surface area contributed by atoms with E-state index < -0.39 is 11.7 Å². The highest BCUT2D eigenvalue weighted by Gasteiger charge is 2.29. The van der Waals surface area contributed by atoms with E-state index in [1.54, 1.807) is 0 Å². The summed E-state index contributed by atoms with van der Waals surface area (Å²) in [6.07, 6.45) is -4.14. The minimum absolute atomic E-state index is 0.221. The number of rotatable bonds is 3. The molecule has 2 rings (SSSR count). The molecule has 1 heterocycles. The Bertz CT molecular complexity index is 546. The molecule has 0 saturated carbocycles. The van der Waals surface area contributed by atoms with Crippen LogP contribution in [0.1, 0.15) is 10.4 Å². The third-order valence-corrected chi connectivity index (χ3v) is 3.29. The number of halogens is 3. The van der Waals surface area contributed by atoms with Crippen molar-refractivity contribution in [2.45, 2.75) is 12.6 Å². The monoisotopic (exact) mass is 285 g/mol. The lowest BCUT2D eigenvalue weighted by Gasteiger charge is -2.08. The first kappa shape index (κ1) is 13.6. The van der Waals surface area contributed by atoms with Crippen LogP contribution in [0.4, 0.5) is 18.9 Å². The fourth-order valence-corrected chi connectivity index (χ4v) is 2.22. The van der Waals surface area contributed by atoms with Gasteiger partial charge in [-0.15, -0.1) is 11.3 Å². The molecule has 0 spiro atoms. The number of hydrogen-bond acceptors (Lipinski definition) is 2. The second-order valence-electron chi connectivity index (χ2n) is 3.88. The Balaban J connectivity index is 1.98. The van der Waals surface area contributed by atoms with E-state index in [-0.39, 0.29) is 12.3 Å². The average molecular weight is 285 g/mol. The third kappa shape index (κ3) is 3.82. The van der Waals surface area contributed by atoms with Gasteiger partial charge in [-0.2, -0.15) is 13.2 Å². The van der Waals surface area contributed by atoms with E-state index in [0.717, 1.165) is 17.0 Å². The van der Waals surface area contributed by atoms with Crippen LogP contribution in [0.3, 0.4) is 0 Å². The highest BCUT2D eigenvalue weighted by molar-refractivity contribution is 7.10. The lowest BCUT2D eigenvalue weighted by atomic mass is 10.2. The van der Waals surface area contributed by atoms with Crippen LogP contribution in [0.2, 0.25) is 0 Å². The van der Waals surface area contributed by atoms with Crippen molar-refractivity contribution in [3.05, 3.63) is 52.2 Å². The molecular weight excluding hydrogens is 275 g/mol. The molecular formula is C13H10F3NOS. The normalized spacial score (nSPS) is 11.3. The molecule has 1 aromatic heterocycles. The molecule has 0 bridgehead atoms. The Hall–Kier alpha value is -1.82. The van der Waals surface area contributed by atoms with Gasteiger partial charge in [0.15, 0.2) is 0 Å². The number of thiophene rings is 1. The van der Waals surface area contributed by atoms with Crippen molar-refractivity contribution in [3.8, 4) is 0 Å². The third-order valence-electron chi connectivity index (χ3n) is 2.41. The van der Waals surface area contributed by atoms with Crippen molar-refractivity contribution in [2.75, 3.05) is 5.32 Å². The molecule has 0 aliphatic rings. The molecule has 6 heteroatoms. The van der Waals surface area contributed by atoms with E-state index in [0.29, 0.717) is 5.69 Å². The van der Waals surface area contributed by atoms with Gasteiger partial charge in [0.05, 0.1) is 12.0 Å².